The molecule has 0 atom stereocenters. The zero-order chi connectivity index (χ0) is 19.2. The molecule has 0 amide bonds. The first-order valence-electron chi connectivity index (χ1n) is 9.46. The van der Waals surface area contributed by atoms with Crippen molar-refractivity contribution in [2.45, 2.75) is 20.0 Å². The molecule has 4 rings (SSSR count). The number of rotatable bonds is 8. The number of aromatic nitrogens is 2. The number of aryl methyl sites for hydroxylation is 1. The van der Waals surface area contributed by atoms with Crippen LogP contribution in [0.15, 0.2) is 79.4 Å². The van der Waals surface area contributed by atoms with E-state index in [-0.39, 0.29) is 0 Å². The van der Waals surface area contributed by atoms with Gasteiger partial charge in [-0.15, -0.1) is 11.3 Å². The monoisotopic (exact) mass is 392 g/mol. The number of nitrogens with zero attached hydrogens (tertiary/aromatic N) is 2. The van der Waals surface area contributed by atoms with Gasteiger partial charge in [-0.1, -0.05) is 12.1 Å². The van der Waals surface area contributed by atoms with Crippen LogP contribution in [-0.2, 0) is 13.1 Å². The van der Waals surface area contributed by atoms with E-state index in [2.05, 4.69) is 34.3 Å². The molecule has 4 nitrogen and oxygen atoms in total. The van der Waals surface area contributed by atoms with Crippen LogP contribution in [0.3, 0.4) is 0 Å². The summed E-state index contributed by atoms with van der Waals surface area (Å²) in [6.45, 7) is 4.90. The van der Waals surface area contributed by atoms with Crippen LogP contribution in [0.5, 0.6) is 11.5 Å². The Morgan fingerprint density at radius 1 is 0.714 bits per heavy atom. The van der Waals surface area contributed by atoms with E-state index in [4.69, 9.17) is 9.47 Å². The summed E-state index contributed by atoms with van der Waals surface area (Å²) >= 11 is 1.78. The topological polar surface area (TPSA) is 26.2 Å². The Bertz CT molecular complexity index is 950. The number of ether oxygens (including phenoxy) is 2. The van der Waals surface area contributed by atoms with Gasteiger partial charge in [0.25, 0.3) is 0 Å². The molecule has 28 heavy (non-hydrogen) atoms. The molecule has 0 N–H and O–H groups in total. The Labute approximate surface area is 169 Å². The van der Waals surface area contributed by atoms with Crippen LogP contribution in [0.25, 0.3) is 10.1 Å². The van der Waals surface area contributed by atoms with Gasteiger partial charge in [0.05, 0.1) is 0 Å². The number of fused-ring (bicyclic) bond motifs is 1. The maximum Gasteiger partial charge on any atom is 0.182 e. The Morgan fingerprint density at radius 3 is 1.82 bits per heavy atom. The molecule has 0 spiro atoms. The first kappa shape index (κ1) is 18.4. The Hall–Kier alpha value is -2.92. The van der Waals surface area contributed by atoms with Gasteiger partial charge in [0.2, 0.25) is 0 Å². The number of hydrogen-bond donors (Lipinski definition) is 0. The molecule has 142 valence electrons. The third-order valence-electron chi connectivity index (χ3n) is 4.47. The quantitative estimate of drug-likeness (QED) is 0.425. The maximum atomic E-state index is 6.12. The average molecular weight is 393 g/mol. The summed E-state index contributed by atoms with van der Waals surface area (Å²) in [6, 6.07) is 18.5. The average Bonchev–Trinajstić information content (AvgIpc) is 3.08. The van der Waals surface area contributed by atoms with Gasteiger partial charge in [-0.2, -0.15) is 0 Å². The van der Waals surface area contributed by atoms with Crippen molar-refractivity contribution in [3.05, 3.63) is 84.3 Å². The second-order valence-electron chi connectivity index (χ2n) is 6.62. The fourth-order valence-electron chi connectivity index (χ4n) is 3.09. The van der Waals surface area contributed by atoms with Crippen molar-refractivity contribution in [2.24, 2.45) is 0 Å². The molecule has 3 heterocycles. The van der Waals surface area contributed by atoms with E-state index in [1.807, 2.05) is 61.2 Å². The zero-order valence-electron chi connectivity index (χ0n) is 16.0. The number of thiophene rings is 1. The Kier molecular flexibility index (Phi) is 5.83. The molecule has 0 unspecified atom stereocenters. The summed E-state index contributed by atoms with van der Waals surface area (Å²) in [6.07, 6.45) is 8.18. The molecule has 3 aromatic heterocycles. The van der Waals surface area contributed by atoms with Gasteiger partial charge in [0, 0.05) is 39.9 Å². The van der Waals surface area contributed by atoms with Crippen molar-refractivity contribution in [2.75, 3.05) is 13.2 Å². The molecule has 5 heteroatoms. The lowest BCUT2D eigenvalue weighted by atomic mass is 10.2. The lowest BCUT2D eigenvalue weighted by Crippen LogP contribution is -2.35. The largest absolute Gasteiger partial charge is 0.483 e. The van der Waals surface area contributed by atoms with Gasteiger partial charge < -0.3 is 9.47 Å². The predicted molar refractivity (Wildman–Crippen MR) is 111 cm³/mol. The lowest BCUT2D eigenvalue weighted by Gasteiger charge is -2.12. The summed E-state index contributed by atoms with van der Waals surface area (Å²) in [5.74, 6) is 1.61. The highest BCUT2D eigenvalue weighted by Gasteiger charge is 2.12. The molecule has 0 aliphatic carbocycles. The third-order valence-corrected chi connectivity index (χ3v) is 5.49. The van der Waals surface area contributed by atoms with Crippen molar-refractivity contribution in [3.8, 4) is 11.5 Å². The van der Waals surface area contributed by atoms with E-state index in [1.54, 1.807) is 11.3 Å². The van der Waals surface area contributed by atoms with Gasteiger partial charge in [0.1, 0.15) is 13.2 Å². The number of benzene rings is 1. The molecule has 0 aliphatic heterocycles. The standard InChI is InChI=1S/C23H24N2O2S/c1-19-16-20-17-21(26-14-12-24-8-4-2-5-9-24)22(18-23(20)28-19)27-15-13-25-10-6-3-7-11-25/h2-11,16-18H,12-15H2,1H3/q+2. The Balaban J connectivity index is 1.47. The van der Waals surface area contributed by atoms with Crippen LogP contribution in [0.4, 0.5) is 0 Å². The summed E-state index contributed by atoms with van der Waals surface area (Å²) < 4.78 is 17.7. The number of pyridine rings is 2. The predicted octanol–water partition coefficient (Wildman–Crippen LogP) is 3.94. The minimum atomic E-state index is 0.590. The van der Waals surface area contributed by atoms with Gasteiger partial charge in [-0.05, 0) is 24.4 Å². The summed E-state index contributed by atoms with van der Waals surface area (Å²) in [4.78, 5) is 1.29. The third kappa shape index (κ3) is 4.67. The van der Waals surface area contributed by atoms with Gasteiger partial charge >= 0.3 is 0 Å². The summed E-state index contributed by atoms with van der Waals surface area (Å²) in [5.41, 5.74) is 0. The van der Waals surface area contributed by atoms with Crippen LogP contribution in [0, 0.1) is 6.92 Å². The van der Waals surface area contributed by atoms with Crippen molar-refractivity contribution in [1.29, 1.82) is 0 Å². The van der Waals surface area contributed by atoms with Crippen LogP contribution in [0.2, 0.25) is 0 Å². The highest BCUT2D eigenvalue weighted by molar-refractivity contribution is 7.19. The molecule has 0 saturated heterocycles. The van der Waals surface area contributed by atoms with Gasteiger partial charge in [-0.25, -0.2) is 9.13 Å². The van der Waals surface area contributed by atoms with Crippen molar-refractivity contribution in [3.63, 3.8) is 0 Å². The van der Waals surface area contributed by atoms with Crippen molar-refractivity contribution < 1.29 is 18.6 Å². The van der Waals surface area contributed by atoms with E-state index < -0.39 is 0 Å². The van der Waals surface area contributed by atoms with E-state index >= 15 is 0 Å². The SMILES string of the molecule is Cc1cc2cc(OCC[n+]3ccccc3)c(OCC[n+]3ccccc3)cc2s1. The zero-order valence-corrected chi connectivity index (χ0v) is 16.8. The second kappa shape index (κ2) is 8.85. The van der Waals surface area contributed by atoms with Crippen LogP contribution in [-0.4, -0.2) is 13.2 Å². The molecule has 0 aliphatic rings. The van der Waals surface area contributed by atoms with E-state index in [1.165, 1.54) is 15.0 Å². The van der Waals surface area contributed by atoms with Crippen molar-refractivity contribution in [1.82, 2.24) is 0 Å². The van der Waals surface area contributed by atoms with E-state index in [0.29, 0.717) is 13.2 Å². The molecule has 0 bridgehead atoms. The fraction of sp³-hybridized carbons (Fsp3) is 0.217. The Morgan fingerprint density at radius 2 is 1.25 bits per heavy atom. The van der Waals surface area contributed by atoms with E-state index in [9.17, 15) is 0 Å². The number of hydrogen-bond acceptors (Lipinski definition) is 3. The molecular weight excluding hydrogens is 368 g/mol. The van der Waals surface area contributed by atoms with E-state index in [0.717, 1.165) is 24.6 Å². The molecule has 4 aromatic rings. The first-order chi connectivity index (χ1) is 13.8. The fourth-order valence-corrected chi connectivity index (χ4v) is 4.03. The lowest BCUT2D eigenvalue weighted by molar-refractivity contribution is -0.697. The summed E-state index contributed by atoms with van der Waals surface area (Å²) in [5, 5.41) is 1.20. The normalized spacial score (nSPS) is 10.9. The van der Waals surface area contributed by atoms with Gasteiger partial charge in [0.15, 0.2) is 49.4 Å². The van der Waals surface area contributed by atoms with Crippen LogP contribution < -0.4 is 18.6 Å². The van der Waals surface area contributed by atoms with Crippen LogP contribution in [0.1, 0.15) is 4.88 Å². The highest BCUT2D eigenvalue weighted by Crippen LogP contribution is 2.36. The molecule has 1 aromatic carbocycles. The highest BCUT2D eigenvalue weighted by atomic mass is 32.1. The molecular formula is C23H24N2O2S+2. The first-order valence-corrected chi connectivity index (χ1v) is 10.3. The molecule has 0 radical (unpaired) electrons. The summed E-state index contributed by atoms with van der Waals surface area (Å²) in [7, 11) is 0. The van der Waals surface area contributed by atoms with Crippen molar-refractivity contribution >= 4 is 21.4 Å². The van der Waals surface area contributed by atoms with Crippen LogP contribution >= 0.6 is 11.3 Å². The minimum absolute atomic E-state index is 0.590. The molecule has 0 saturated carbocycles. The maximum absolute atomic E-state index is 6.12. The molecule has 0 fully saturated rings. The van der Waals surface area contributed by atoms with Gasteiger partial charge in [-0.3, -0.25) is 0 Å². The minimum Gasteiger partial charge on any atom is -0.483 e. The second-order valence-corrected chi connectivity index (χ2v) is 7.91. The smallest absolute Gasteiger partial charge is 0.182 e.